The number of ether oxygens (including phenoxy) is 1. The summed E-state index contributed by atoms with van der Waals surface area (Å²) in [6.07, 6.45) is 1.75. The van der Waals surface area contributed by atoms with E-state index >= 15 is 0 Å². The number of rotatable bonds is 2. The van der Waals surface area contributed by atoms with Crippen LogP contribution in [0.25, 0.3) is 26.1 Å². The van der Waals surface area contributed by atoms with Gasteiger partial charge in [-0.05, 0) is 30.3 Å². The van der Waals surface area contributed by atoms with Crippen molar-refractivity contribution in [3.63, 3.8) is 0 Å². The third-order valence-electron chi connectivity index (χ3n) is 3.61. The van der Waals surface area contributed by atoms with Gasteiger partial charge in [0, 0.05) is 16.2 Å². The fourth-order valence-electron chi connectivity index (χ4n) is 2.50. The largest absolute Gasteiger partial charge is 0.497 e. The van der Waals surface area contributed by atoms with Gasteiger partial charge in [0.1, 0.15) is 17.1 Å². The molecule has 0 saturated heterocycles. The summed E-state index contributed by atoms with van der Waals surface area (Å²) < 4.78 is 8.10. The molecule has 4 nitrogen and oxygen atoms in total. The molecule has 0 atom stereocenters. The molecule has 108 valence electrons. The van der Waals surface area contributed by atoms with Gasteiger partial charge in [0.15, 0.2) is 5.43 Å². The second kappa shape index (κ2) is 4.96. The summed E-state index contributed by atoms with van der Waals surface area (Å²) in [7, 11) is 1.62. The smallest absolute Gasteiger partial charge is 0.190 e. The molecular weight excluding hydrogens is 296 g/mol. The van der Waals surface area contributed by atoms with Crippen molar-refractivity contribution in [2.75, 3.05) is 7.11 Å². The molecule has 5 heteroatoms. The number of methoxy groups -OCH3 is 1. The highest BCUT2D eigenvalue weighted by atomic mass is 32.1. The highest BCUT2D eigenvalue weighted by Gasteiger charge is 2.09. The van der Waals surface area contributed by atoms with E-state index < -0.39 is 0 Å². The van der Waals surface area contributed by atoms with E-state index in [4.69, 9.17) is 4.74 Å². The topological polar surface area (TPSA) is 44.1 Å². The van der Waals surface area contributed by atoms with Crippen molar-refractivity contribution >= 4 is 32.5 Å². The van der Waals surface area contributed by atoms with Gasteiger partial charge in [-0.1, -0.05) is 12.1 Å². The number of fused-ring (bicyclic) bond motifs is 2. The molecule has 0 aliphatic carbocycles. The number of hydrogen-bond acceptors (Lipinski definition) is 4. The summed E-state index contributed by atoms with van der Waals surface area (Å²) in [5.74, 6) is 0.746. The van der Waals surface area contributed by atoms with Gasteiger partial charge >= 0.3 is 0 Å². The Kier molecular flexibility index (Phi) is 2.94. The average Bonchev–Trinajstić information content (AvgIpc) is 2.98. The Balaban J connectivity index is 2.01. The lowest BCUT2D eigenvalue weighted by Gasteiger charge is -2.06. The first-order valence-corrected chi connectivity index (χ1v) is 7.62. The second-order valence-corrected chi connectivity index (χ2v) is 5.98. The number of nitrogens with zero attached hydrogens (tertiary/aromatic N) is 2. The highest BCUT2D eigenvalue weighted by Crippen LogP contribution is 2.27. The lowest BCUT2D eigenvalue weighted by molar-refractivity contribution is 0.415. The van der Waals surface area contributed by atoms with Crippen molar-refractivity contribution in [1.29, 1.82) is 0 Å². The molecule has 0 unspecified atom stereocenters. The monoisotopic (exact) mass is 308 g/mol. The van der Waals surface area contributed by atoms with Gasteiger partial charge in [-0.25, -0.2) is 4.98 Å². The van der Waals surface area contributed by atoms with E-state index in [-0.39, 0.29) is 5.43 Å². The van der Waals surface area contributed by atoms with Gasteiger partial charge in [-0.3, -0.25) is 9.36 Å². The molecule has 2 aromatic heterocycles. The molecule has 2 heterocycles. The maximum Gasteiger partial charge on any atom is 0.190 e. The molecule has 22 heavy (non-hydrogen) atoms. The SMILES string of the molecule is COc1ccc2c(=O)cc(-n3cnc4ccccc43)sc2c1. The lowest BCUT2D eigenvalue weighted by atomic mass is 10.2. The minimum Gasteiger partial charge on any atom is -0.497 e. The first-order chi connectivity index (χ1) is 10.8. The molecule has 0 aliphatic rings. The van der Waals surface area contributed by atoms with Crippen LogP contribution >= 0.6 is 11.3 Å². The first kappa shape index (κ1) is 13.0. The minimum atomic E-state index is 0.00387. The maximum atomic E-state index is 12.4. The summed E-state index contributed by atoms with van der Waals surface area (Å²) in [6.45, 7) is 0. The second-order valence-electron chi connectivity index (χ2n) is 4.91. The summed E-state index contributed by atoms with van der Waals surface area (Å²) in [6, 6.07) is 15.0. The Labute approximate surface area is 130 Å². The van der Waals surface area contributed by atoms with E-state index in [1.54, 1.807) is 30.8 Å². The molecule has 0 amide bonds. The minimum absolute atomic E-state index is 0.00387. The van der Waals surface area contributed by atoms with E-state index in [1.165, 1.54) is 0 Å². The van der Waals surface area contributed by atoms with E-state index in [9.17, 15) is 4.79 Å². The normalized spacial score (nSPS) is 11.1. The molecule has 0 fully saturated rings. The molecule has 4 rings (SSSR count). The predicted molar refractivity (Wildman–Crippen MR) is 89.3 cm³/mol. The summed E-state index contributed by atoms with van der Waals surface area (Å²) >= 11 is 1.55. The molecule has 0 saturated carbocycles. The Hall–Kier alpha value is -2.66. The molecule has 0 spiro atoms. The number of para-hydroxylation sites is 2. The number of benzene rings is 2. The summed E-state index contributed by atoms with van der Waals surface area (Å²) in [4.78, 5) is 16.7. The summed E-state index contributed by atoms with van der Waals surface area (Å²) in [5, 5.41) is 1.55. The number of aromatic nitrogens is 2. The van der Waals surface area contributed by atoms with Gasteiger partial charge in [0.2, 0.25) is 0 Å². The average molecular weight is 308 g/mol. The van der Waals surface area contributed by atoms with Gasteiger partial charge in [0.05, 0.1) is 18.1 Å². The molecule has 4 aromatic rings. The van der Waals surface area contributed by atoms with E-state index in [2.05, 4.69) is 4.98 Å². The van der Waals surface area contributed by atoms with Crippen LogP contribution in [0.15, 0.2) is 59.7 Å². The molecule has 0 N–H and O–H groups in total. The molecule has 0 bridgehead atoms. The molecule has 0 radical (unpaired) electrons. The van der Waals surface area contributed by atoms with E-state index in [0.29, 0.717) is 5.39 Å². The van der Waals surface area contributed by atoms with Crippen molar-refractivity contribution in [2.24, 2.45) is 0 Å². The fraction of sp³-hybridized carbons (Fsp3) is 0.0588. The summed E-state index contributed by atoms with van der Waals surface area (Å²) in [5.41, 5.74) is 1.90. The Bertz CT molecular complexity index is 1050. The zero-order valence-corrected chi connectivity index (χ0v) is 12.6. The van der Waals surface area contributed by atoms with Crippen LogP contribution in [-0.2, 0) is 0 Å². The van der Waals surface area contributed by atoms with Crippen molar-refractivity contribution in [2.45, 2.75) is 0 Å². The lowest BCUT2D eigenvalue weighted by Crippen LogP contribution is -2.02. The quantitative estimate of drug-likeness (QED) is 0.568. The van der Waals surface area contributed by atoms with Crippen molar-refractivity contribution in [1.82, 2.24) is 9.55 Å². The fourth-order valence-corrected chi connectivity index (χ4v) is 3.59. The molecular formula is C17H12N2O2S. The van der Waals surface area contributed by atoms with Gasteiger partial charge in [-0.15, -0.1) is 11.3 Å². The molecule has 0 aliphatic heterocycles. The van der Waals surface area contributed by atoms with Crippen LogP contribution in [0, 0.1) is 0 Å². The highest BCUT2D eigenvalue weighted by molar-refractivity contribution is 7.20. The number of imidazole rings is 1. The van der Waals surface area contributed by atoms with Crippen LogP contribution in [0.5, 0.6) is 5.75 Å². The van der Waals surface area contributed by atoms with E-state index in [0.717, 1.165) is 26.5 Å². The predicted octanol–water partition coefficient (Wildman–Crippen LogP) is 3.61. The van der Waals surface area contributed by atoms with Gasteiger partial charge in [-0.2, -0.15) is 0 Å². The van der Waals surface area contributed by atoms with Gasteiger partial charge in [0.25, 0.3) is 0 Å². The van der Waals surface area contributed by atoms with Gasteiger partial charge < -0.3 is 4.74 Å². The van der Waals surface area contributed by atoms with Crippen LogP contribution < -0.4 is 10.2 Å². The zero-order valence-electron chi connectivity index (χ0n) is 11.8. The first-order valence-electron chi connectivity index (χ1n) is 6.80. The van der Waals surface area contributed by atoms with Crippen molar-refractivity contribution in [3.8, 4) is 10.8 Å². The Morgan fingerprint density at radius 3 is 2.86 bits per heavy atom. The van der Waals surface area contributed by atoms with Crippen LogP contribution in [0.2, 0.25) is 0 Å². The van der Waals surface area contributed by atoms with Crippen LogP contribution in [-0.4, -0.2) is 16.7 Å². The molecule has 2 aromatic carbocycles. The Morgan fingerprint density at radius 2 is 2.00 bits per heavy atom. The number of hydrogen-bond donors (Lipinski definition) is 0. The standard InChI is InChI=1S/C17H12N2O2S/c1-21-11-6-7-12-15(20)9-17(22-16(12)8-11)19-10-18-13-4-2-3-5-14(13)19/h2-10H,1H3. The Morgan fingerprint density at radius 1 is 1.14 bits per heavy atom. The van der Waals surface area contributed by atoms with Crippen LogP contribution in [0.3, 0.4) is 0 Å². The third kappa shape index (κ3) is 1.98. The van der Waals surface area contributed by atoms with Crippen molar-refractivity contribution in [3.05, 3.63) is 65.1 Å². The maximum absolute atomic E-state index is 12.4. The van der Waals surface area contributed by atoms with E-state index in [1.807, 2.05) is 47.0 Å². The zero-order chi connectivity index (χ0) is 15.1. The van der Waals surface area contributed by atoms with Crippen LogP contribution in [0.4, 0.5) is 0 Å². The third-order valence-corrected chi connectivity index (χ3v) is 4.70. The van der Waals surface area contributed by atoms with Crippen molar-refractivity contribution < 1.29 is 4.74 Å². The van der Waals surface area contributed by atoms with Crippen LogP contribution in [0.1, 0.15) is 0 Å².